The quantitative estimate of drug-likeness (QED) is 0.800. The van der Waals surface area contributed by atoms with Crippen molar-refractivity contribution in [3.05, 3.63) is 12.4 Å². The number of hydrogen-bond donors (Lipinski definition) is 2. The van der Waals surface area contributed by atoms with E-state index in [4.69, 9.17) is 9.84 Å². The first kappa shape index (κ1) is 16.5. The standard InChI is InChI=1S/C15H24N4O3/c1-11(17-12(2)21)13-3-5-19(6-4-13)14-9-16-10-15(18-14)22-8-7-20/h9-11,13,20H,3-8H2,1-2H3,(H,17,21). The van der Waals surface area contributed by atoms with Crippen molar-refractivity contribution in [3.63, 3.8) is 0 Å². The Morgan fingerprint density at radius 1 is 1.50 bits per heavy atom. The number of nitrogens with one attached hydrogen (secondary N) is 1. The largest absolute Gasteiger partial charge is 0.474 e. The molecule has 2 N–H and O–H groups in total. The number of aromatic nitrogens is 2. The average molecular weight is 308 g/mol. The summed E-state index contributed by atoms with van der Waals surface area (Å²) < 4.78 is 5.29. The molecule has 122 valence electrons. The van der Waals surface area contributed by atoms with Crippen molar-refractivity contribution in [2.24, 2.45) is 5.92 Å². The highest BCUT2D eigenvalue weighted by Crippen LogP contribution is 2.24. The van der Waals surface area contributed by atoms with Crippen molar-refractivity contribution in [2.75, 3.05) is 31.2 Å². The molecule has 1 aromatic heterocycles. The molecule has 2 rings (SSSR count). The molecule has 1 aliphatic rings. The van der Waals surface area contributed by atoms with Gasteiger partial charge in [-0.1, -0.05) is 0 Å². The fraction of sp³-hybridized carbons (Fsp3) is 0.667. The summed E-state index contributed by atoms with van der Waals surface area (Å²) in [6, 6.07) is 0.199. The van der Waals surface area contributed by atoms with Gasteiger partial charge in [-0.3, -0.25) is 9.78 Å². The van der Waals surface area contributed by atoms with Gasteiger partial charge >= 0.3 is 0 Å². The second-order valence-corrected chi connectivity index (χ2v) is 5.60. The van der Waals surface area contributed by atoms with Crippen LogP contribution >= 0.6 is 0 Å². The van der Waals surface area contributed by atoms with Crippen LogP contribution in [-0.2, 0) is 4.79 Å². The summed E-state index contributed by atoms with van der Waals surface area (Å²) in [5, 5.41) is 11.7. The molecule has 1 unspecified atom stereocenters. The first-order chi connectivity index (χ1) is 10.6. The first-order valence-electron chi connectivity index (χ1n) is 7.68. The van der Waals surface area contributed by atoms with Gasteiger partial charge < -0.3 is 20.1 Å². The number of carbonyl (C=O) groups is 1. The molecule has 22 heavy (non-hydrogen) atoms. The maximum atomic E-state index is 11.1. The highest BCUT2D eigenvalue weighted by molar-refractivity contribution is 5.73. The Bertz CT molecular complexity index is 489. The Balaban J connectivity index is 1.89. The first-order valence-corrected chi connectivity index (χ1v) is 7.68. The summed E-state index contributed by atoms with van der Waals surface area (Å²) in [6.07, 6.45) is 5.28. The number of nitrogens with zero attached hydrogens (tertiary/aromatic N) is 3. The van der Waals surface area contributed by atoms with Crippen LogP contribution in [0.25, 0.3) is 0 Å². The van der Waals surface area contributed by atoms with Gasteiger partial charge in [0.25, 0.3) is 0 Å². The van der Waals surface area contributed by atoms with E-state index in [-0.39, 0.29) is 25.2 Å². The molecule has 0 aliphatic carbocycles. The molecule has 1 amide bonds. The van der Waals surface area contributed by atoms with Crippen LogP contribution in [0.4, 0.5) is 5.82 Å². The summed E-state index contributed by atoms with van der Waals surface area (Å²) >= 11 is 0. The van der Waals surface area contributed by atoms with Crippen LogP contribution in [-0.4, -0.2) is 53.3 Å². The summed E-state index contributed by atoms with van der Waals surface area (Å²) in [6.45, 7) is 5.55. The van der Waals surface area contributed by atoms with Crippen LogP contribution in [0.15, 0.2) is 12.4 Å². The Morgan fingerprint density at radius 2 is 2.23 bits per heavy atom. The number of piperidine rings is 1. The lowest BCUT2D eigenvalue weighted by Crippen LogP contribution is -2.43. The Labute approximate surface area is 130 Å². The average Bonchev–Trinajstić information content (AvgIpc) is 2.53. The Kier molecular flexibility index (Phi) is 5.94. The normalized spacial score (nSPS) is 17.1. The van der Waals surface area contributed by atoms with Crippen LogP contribution in [0.2, 0.25) is 0 Å². The molecule has 0 bridgehead atoms. The number of carbonyl (C=O) groups excluding carboxylic acids is 1. The smallest absolute Gasteiger partial charge is 0.234 e. The molecule has 7 nitrogen and oxygen atoms in total. The van der Waals surface area contributed by atoms with Gasteiger partial charge in [0.1, 0.15) is 6.61 Å². The van der Waals surface area contributed by atoms with Gasteiger partial charge in [-0.15, -0.1) is 0 Å². The lowest BCUT2D eigenvalue weighted by molar-refractivity contribution is -0.119. The maximum absolute atomic E-state index is 11.1. The third-order valence-corrected chi connectivity index (χ3v) is 3.94. The van der Waals surface area contributed by atoms with Gasteiger partial charge in [0, 0.05) is 26.1 Å². The van der Waals surface area contributed by atoms with E-state index in [1.165, 1.54) is 0 Å². The van der Waals surface area contributed by atoms with Crippen LogP contribution in [0.1, 0.15) is 26.7 Å². The van der Waals surface area contributed by atoms with Crippen molar-refractivity contribution in [3.8, 4) is 5.88 Å². The molecule has 0 saturated carbocycles. The van der Waals surface area contributed by atoms with Crippen molar-refractivity contribution in [2.45, 2.75) is 32.7 Å². The topological polar surface area (TPSA) is 87.6 Å². The van der Waals surface area contributed by atoms with E-state index in [0.29, 0.717) is 11.8 Å². The Hall–Kier alpha value is -1.89. The van der Waals surface area contributed by atoms with Crippen LogP contribution < -0.4 is 15.0 Å². The number of aliphatic hydroxyl groups is 1. The molecular formula is C15H24N4O3. The van der Waals surface area contributed by atoms with Gasteiger partial charge in [0.15, 0.2) is 5.82 Å². The SMILES string of the molecule is CC(=O)NC(C)C1CCN(c2cncc(OCCO)n2)CC1. The highest BCUT2D eigenvalue weighted by Gasteiger charge is 2.25. The van der Waals surface area contributed by atoms with E-state index in [9.17, 15) is 4.79 Å². The van der Waals surface area contributed by atoms with E-state index in [1.54, 1.807) is 19.3 Å². The van der Waals surface area contributed by atoms with Crippen molar-refractivity contribution in [1.29, 1.82) is 0 Å². The number of rotatable bonds is 6. The van der Waals surface area contributed by atoms with Crippen LogP contribution in [0.5, 0.6) is 5.88 Å². The number of hydrogen-bond acceptors (Lipinski definition) is 6. The molecule has 0 radical (unpaired) electrons. The monoisotopic (exact) mass is 308 g/mol. The van der Waals surface area contributed by atoms with E-state index < -0.39 is 0 Å². The number of aliphatic hydroxyl groups excluding tert-OH is 1. The van der Waals surface area contributed by atoms with E-state index in [0.717, 1.165) is 31.7 Å². The molecule has 7 heteroatoms. The minimum absolute atomic E-state index is 0.0227. The second kappa shape index (κ2) is 7.93. The lowest BCUT2D eigenvalue weighted by atomic mass is 9.90. The van der Waals surface area contributed by atoms with Crippen molar-refractivity contribution in [1.82, 2.24) is 15.3 Å². The summed E-state index contributed by atoms with van der Waals surface area (Å²) in [4.78, 5) is 21.9. The molecule has 1 aliphatic heterocycles. The minimum Gasteiger partial charge on any atom is -0.474 e. The fourth-order valence-corrected chi connectivity index (χ4v) is 2.78. The molecule has 0 spiro atoms. The zero-order chi connectivity index (χ0) is 15.9. The predicted molar refractivity (Wildman–Crippen MR) is 82.8 cm³/mol. The molecule has 1 atom stereocenters. The van der Waals surface area contributed by atoms with Gasteiger partial charge in [-0.2, -0.15) is 4.98 Å². The number of amides is 1. The van der Waals surface area contributed by atoms with Gasteiger partial charge in [-0.05, 0) is 25.7 Å². The zero-order valence-electron chi connectivity index (χ0n) is 13.2. The number of ether oxygens (including phenoxy) is 1. The van der Waals surface area contributed by atoms with E-state index in [1.807, 2.05) is 0 Å². The van der Waals surface area contributed by atoms with Gasteiger partial charge in [0.2, 0.25) is 11.8 Å². The molecular weight excluding hydrogens is 284 g/mol. The summed E-state index contributed by atoms with van der Waals surface area (Å²) in [7, 11) is 0. The fourth-order valence-electron chi connectivity index (χ4n) is 2.78. The third kappa shape index (κ3) is 4.56. The summed E-state index contributed by atoms with van der Waals surface area (Å²) in [5.41, 5.74) is 0. The highest BCUT2D eigenvalue weighted by atomic mass is 16.5. The van der Waals surface area contributed by atoms with Crippen LogP contribution in [0, 0.1) is 5.92 Å². The third-order valence-electron chi connectivity index (χ3n) is 3.94. The second-order valence-electron chi connectivity index (χ2n) is 5.60. The van der Waals surface area contributed by atoms with Gasteiger partial charge in [-0.25, -0.2) is 0 Å². The van der Waals surface area contributed by atoms with E-state index in [2.05, 4.69) is 27.1 Å². The lowest BCUT2D eigenvalue weighted by Gasteiger charge is -2.35. The molecule has 1 aromatic rings. The predicted octanol–water partition coefficient (Wildman–Crippen LogP) is 0.589. The summed E-state index contributed by atoms with van der Waals surface area (Å²) in [5.74, 6) is 1.73. The van der Waals surface area contributed by atoms with Crippen molar-refractivity contribution < 1.29 is 14.6 Å². The zero-order valence-corrected chi connectivity index (χ0v) is 13.2. The van der Waals surface area contributed by atoms with E-state index >= 15 is 0 Å². The number of anilines is 1. The van der Waals surface area contributed by atoms with Crippen LogP contribution in [0.3, 0.4) is 0 Å². The minimum atomic E-state index is -0.0433. The van der Waals surface area contributed by atoms with Crippen molar-refractivity contribution >= 4 is 11.7 Å². The van der Waals surface area contributed by atoms with Gasteiger partial charge in [0.05, 0.1) is 19.0 Å². The molecule has 2 heterocycles. The molecule has 0 aromatic carbocycles. The molecule has 1 fully saturated rings. The maximum Gasteiger partial charge on any atom is 0.234 e. The molecule has 1 saturated heterocycles. The Morgan fingerprint density at radius 3 is 2.86 bits per heavy atom.